The van der Waals surface area contributed by atoms with Crippen LogP contribution in [0.3, 0.4) is 0 Å². The molecule has 0 heterocycles. The summed E-state index contributed by atoms with van der Waals surface area (Å²) in [4.78, 5) is 0. The fraction of sp³-hybridized carbons (Fsp3) is 0.571. The maximum atomic E-state index is 12.5. The van der Waals surface area contributed by atoms with Crippen molar-refractivity contribution < 1.29 is 17.9 Å². The second-order valence-electron chi connectivity index (χ2n) is 4.56. The van der Waals surface area contributed by atoms with Gasteiger partial charge >= 0.3 is 6.18 Å². The van der Waals surface area contributed by atoms with Gasteiger partial charge in [0.15, 0.2) is 0 Å². The van der Waals surface area contributed by atoms with E-state index in [1.807, 2.05) is 14.0 Å². The number of ether oxygens (including phenoxy) is 1. The lowest BCUT2D eigenvalue weighted by molar-refractivity contribution is -0.137. The van der Waals surface area contributed by atoms with Crippen molar-refractivity contribution in [1.82, 2.24) is 5.32 Å². The Morgan fingerprint density at radius 3 is 2.50 bits per heavy atom. The molecule has 0 saturated carbocycles. The molecule has 0 aliphatic heterocycles. The Bertz CT molecular complexity index is 423. The van der Waals surface area contributed by atoms with Gasteiger partial charge in [0.2, 0.25) is 0 Å². The van der Waals surface area contributed by atoms with E-state index in [1.54, 1.807) is 0 Å². The Labute approximate surface area is 122 Å². The number of benzene rings is 1. The van der Waals surface area contributed by atoms with Crippen molar-refractivity contribution in [2.24, 2.45) is 0 Å². The highest BCUT2D eigenvalue weighted by Crippen LogP contribution is 2.35. The van der Waals surface area contributed by atoms with Gasteiger partial charge in [0.1, 0.15) is 5.75 Å². The molecular formula is C14H19ClF3NO. The van der Waals surface area contributed by atoms with E-state index < -0.39 is 11.7 Å². The second kappa shape index (κ2) is 7.74. The van der Waals surface area contributed by atoms with Gasteiger partial charge in [-0.1, -0.05) is 24.9 Å². The number of nitrogens with one attached hydrogen (secondary N) is 1. The first-order valence-corrected chi connectivity index (χ1v) is 6.94. The fourth-order valence-electron chi connectivity index (χ4n) is 1.84. The lowest BCUT2D eigenvalue weighted by Crippen LogP contribution is -2.22. The number of hydrogen-bond acceptors (Lipinski definition) is 2. The van der Waals surface area contributed by atoms with Gasteiger partial charge in [-0.25, -0.2) is 0 Å². The molecule has 0 unspecified atom stereocenters. The van der Waals surface area contributed by atoms with Crippen LogP contribution in [0.2, 0.25) is 5.02 Å². The minimum Gasteiger partial charge on any atom is -0.489 e. The Balaban J connectivity index is 2.80. The predicted molar refractivity (Wildman–Crippen MR) is 74.3 cm³/mol. The summed E-state index contributed by atoms with van der Waals surface area (Å²) in [7, 11) is 1.84. The zero-order valence-corrected chi connectivity index (χ0v) is 12.3. The third-order valence-corrected chi connectivity index (χ3v) is 3.18. The minimum absolute atomic E-state index is 0.00890. The zero-order chi connectivity index (χ0) is 15.2. The van der Waals surface area contributed by atoms with E-state index in [4.69, 9.17) is 16.3 Å². The average Bonchev–Trinajstić information content (AvgIpc) is 2.37. The lowest BCUT2D eigenvalue weighted by Gasteiger charge is -2.20. The summed E-state index contributed by atoms with van der Waals surface area (Å²) in [5, 5.41) is 3.02. The molecule has 0 fully saturated rings. The molecule has 1 aromatic rings. The van der Waals surface area contributed by atoms with Crippen molar-refractivity contribution in [1.29, 1.82) is 0 Å². The van der Waals surface area contributed by atoms with Gasteiger partial charge in [0, 0.05) is 0 Å². The molecule has 0 bridgehead atoms. The first kappa shape index (κ1) is 17.1. The molecule has 0 spiro atoms. The summed E-state index contributed by atoms with van der Waals surface area (Å²) in [6.45, 7) is 2.81. The zero-order valence-electron chi connectivity index (χ0n) is 11.6. The molecule has 0 aliphatic rings. The number of alkyl halides is 3. The Hall–Kier alpha value is -0.940. The van der Waals surface area contributed by atoms with Gasteiger partial charge < -0.3 is 10.1 Å². The summed E-state index contributed by atoms with van der Waals surface area (Å²) in [5.41, 5.74) is -0.767. The smallest absolute Gasteiger partial charge is 0.416 e. The Morgan fingerprint density at radius 2 is 2.00 bits per heavy atom. The molecule has 1 aromatic carbocycles. The highest BCUT2D eigenvalue weighted by Gasteiger charge is 2.31. The van der Waals surface area contributed by atoms with Gasteiger partial charge in [-0.15, -0.1) is 0 Å². The van der Waals surface area contributed by atoms with E-state index >= 15 is 0 Å². The van der Waals surface area contributed by atoms with Crippen LogP contribution in [0.5, 0.6) is 5.75 Å². The molecule has 0 radical (unpaired) electrons. The molecule has 0 aliphatic carbocycles. The summed E-state index contributed by atoms with van der Waals surface area (Å²) in [5.74, 6) is 0.300. The largest absolute Gasteiger partial charge is 0.489 e. The molecule has 1 atom stereocenters. The van der Waals surface area contributed by atoms with E-state index in [1.165, 1.54) is 6.07 Å². The van der Waals surface area contributed by atoms with Gasteiger partial charge in [-0.3, -0.25) is 0 Å². The number of halogens is 4. The normalized spacial score (nSPS) is 13.3. The molecule has 2 nitrogen and oxygen atoms in total. The summed E-state index contributed by atoms with van der Waals surface area (Å²) >= 11 is 5.87. The number of rotatable bonds is 7. The summed E-state index contributed by atoms with van der Waals surface area (Å²) in [6.07, 6.45) is -1.90. The van der Waals surface area contributed by atoms with Gasteiger partial charge in [-0.05, 0) is 44.6 Å². The fourth-order valence-corrected chi connectivity index (χ4v) is 2.07. The second-order valence-corrected chi connectivity index (χ2v) is 4.97. The van der Waals surface area contributed by atoms with Crippen molar-refractivity contribution in [3.8, 4) is 5.75 Å². The maximum absolute atomic E-state index is 12.5. The van der Waals surface area contributed by atoms with Crippen LogP contribution in [0.15, 0.2) is 18.2 Å². The van der Waals surface area contributed by atoms with Crippen LogP contribution in [-0.4, -0.2) is 19.7 Å². The van der Waals surface area contributed by atoms with Crippen LogP contribution in [0.1, 0.15) is 31.7 Å². The first-order chi connectivity index (χ1) is 9.38. The maximum Gasteiger partial charge on any atom is 0.416 e. The third kappa shape index (κ3) is 5.21. The molecule has 0 aromatic heterocycles. The van der Waals surface area contributed by atoms with E-state index in [9.17, 15) is 13.2 Å². The SMILES string of the molecule is CCC[C@@H](CCNC)Oc1ccc(C(F)(F)F)cc1Cl. The highest BCUT2D eigenvalue weighted by molar-refractivity contribution is 6.32. The standard InChI is InChI=1S/C14H19ClF3NO/c1-3-4-11(7-8-19-2)20-13-6-5-10(9-12(13)15)14(16,17)18/h5-6,9,11,19H,3-4,7-8H2,1-2H3/t11-/m0/s1. The molecule has 6 heteroatoms. The van der Waals surface area contributed by atoms with Crippen molar-refractivity contribution in [2.75, 3.05) is 13.6 Å². The summed E-state index contributed by atoms with van der Waals surface area (Å²) < 4.78 is 43.3. The Morgan fingerprint density at radius 1 is 1.30 bits per heavy atom. The van der Waals surface area contributed by atoms with E-state index in [-0.39, 0.29) is 11.1 Å². The van der Waals surface area contributed by atoms with Crippen molar-refractivity contribution in [3.05, 3.63) is 28.8 Å². The quantitative estimate of drug-likeness (QED) is 0.800. The molecule has 1 N–H and O–H groups in total. The summed E-state index contributed by atoms with van der Waals surface area (Å²) in [6, 6.07) is 3.17. The topological polar surface area (TPSA) is 21.3 Å². The highest BCUT2D eigenvalue weighted by atomic mass is 35.5. The molecule has 20 heavy (non-hydrogen) atoms. The third-order valence-electron chi connectivity index (χ3n) is 2.88. The average molecular weight is 310 g/mol. The van der Waals surface area contributed by atoms with E-state index in [0.29, 0.717) is 5.75 Å². The molecule has 0 saturated heterocycles. The van der Waals surface area contributed by atoms with Gasteiger partial charge in [-0.2, -0.15) is 13.2 Å². The van der Waals surface area contributed by atoms with Crippen molar-refractivity contribution >= 4 is 11.6 Å². The Kier molecular flexibility index (Phi) is 6.62. The monoisotopic (exact) mass is 309 g/mol. The van der Waals surface area contributed by atoms with Gasteiger partial charge in [0.05, 0.1) is 16.7 Å². The molecule has 1 rings (SSSR count). The lowest BCUT2D eigenvalue weighted by atomic mass is 10.1. The predicted octanol–water partition coefficient (Wildman–Crippen LogP) is 4.52. The van der Waals surface area contributed by atoms with Crippen LogP contribution < -0.4 is 10.1 Å². The molecular weight excluding hydrogens is 291 g/mol. The van der Waals surface area contributed by atoms with E-state index in [2.05, 4.69) is 5.32 Å². The van der Waals surface area contributed by atoms with Crippen LogP contribution in [0, 0.1) is 0 Å². The van der Waals surface area contributed by atoms with E-state index in [0.717, 1.165) is 37.9 Å². The van der Waals surface area contributed by atoms with Crippen LogP contribution in [0.25, 0.3) is 0 Å². The van der Waals surface area contributed by atoms with Crippen LogP contribution in [0.4, 0.5) is 13.2 Å². The van der Waals surface area contributed by atoms with Crippen molar-refractivity contribution in [2.45, 2.75) is 38.5 Å². The molecule has 114 valence electrons. The first-order valence-electron chi connectivity index (χ1n) is 6.56. The van der Waals surface area contributed by atoms with Gasteiger partial charge in [0.25, 0.3) is 0 Å². The number of hydrogen-bond donors (Lipinski definition) is 1. The molecule has 0 amide bonds. The van der Waals surface area contributed by atoms with Crippen LogP contribution >= 0.6 is 11.6 Å². The van der Waals surface area contributed by atoms with Crippen LogP contribution in [-0.2, 0) is 6.18 Å². The van der Waals surface area contributed by atoms with Crippen molar-refractivity contribution in [3.63, 3.8) is 0 Å². The minimum atomic E-state index is -4.39.